The zero-order chi connectivity index (χ0) is 22.5. The molecule has 0 aliphatic heterocycles. The molecule has 0 spiro atoms. The number of carboxylic acid groups (broad SMARTS) is 1. The molecule has 30 heavy (non-hydrogen) atoms. The number of aliphatic hydroxyl groups excluding tert-OH is 1. The van der Waals surface area contributed by atoms with Crippen molar-refractivity contribution < 1.29 is 33.1 Å². The second-order valence-electron chi connectivity index (χ2n) is 5.97. The van der Waals surface area contributed by atoms with Crippen LogP contribution in [0.2, 0.25) is 0 Å². The fourth-order valence-electron chi connectivity index (χ4n) is 2.69. The lowest BCUT2D eigenvalue weighted by molar-refractivity contribution is -0.388. The van der Waals surface area contributed by atoms with E-state index in [1.807, 2.05) is 11.8 Å². The number of rotatable bonds is 8. The average molecular weight is 426 g/mol. The number of hydrogen-bond donors (Lipinski definition) is 2. The van der Waals surface area contributed by atoms with Gasteiger partial charge in [0.15, 0.2) is 0 Å². The van der Waals surface area contributed by atoms with Crippen molar-refractivity contribution in [2.45, 2.75) is 13.1 Å². The van der Waals surface area contributed by atoms with Gasteiger partial charge in [-0.15, -0.1) is 0 Å². The number of aromatic carboxylic acids is 1. The molecule has 12 heteroatoms. The highest BCUT2D eigenvalue weighted by molar-refractivity contribution is 5.94. The van der Waals surface area contributed by atoms with Crippen molar-refractivity contribution in [2.24, 2.45) is 10.2 Å². The van der Waals surface area contributed by atoms with E-state index in [4.69, 9.17) is 10.2 Å². The third-order valence-electron chi connectivity index (χ3n) is 4.06. The molecule has 2 N–H and O–H groups in total. The molecule has 0 unspecified atom stereocenters. The summed E-state index contributed by atoms with van der Waals surface area (Å²) in [7, 11) is 0. The van der Waals surface area contributed by atoms with E-state index >= 15 is 0 Å². The molecule has 2 aromatic rings. The molecule has 0 fully saturated rings. The van der Waals surface area contributed by atoms with E-state index < -0.39 is 39.6 Å². The van der Waals surface area contributed by atoms with Gasteiger partial charge in [-0.1, -0.05) is 0 Å². The smallest absolute Gasteiger partial charge is 0.423 e. The number of benzene rings is 2. The van der Waals surface area contributed by atoms with Crippen molar-refractivity contribution in [1.29, 1.82) is 0 Å². The first kappa shape index (κ1) is 22.7. The van der Waals surface area contributed by atoms with Crippen LogP contribution in [0.4, 0.5) is 35.9 Å². The molecule has 0 amide bonds. The number of carboxylic acids is 1. The molecule has 0 saturated heterocycles. The molecule has 2 rings (SSSR count). The van der Waals surface area contributed by atoms with Crippen molar-refractivity contribution in [3.8, 4) is 0 Å². The molecule has 0 bridgehead atoms. The molecule has 0 radical (unpaired) electrons. The van der Waals surface area contributed by atoms with Crippen molar-refractivity contribution in [2.75, 3.05) is 24.6 Å². The Morgan fingerprint density at radius 1 is 1.17 bits per heavy atom. The fraction of sp³-hybridized carbons (Fsp3) is 0.278. The molecule has 0 heterocycles. The number of hydrogen-bond acceptors (Lipinski definition) is 7. The van der Waals surface area contributed by atoms with Crippen molar-refractivity contribution in [3.63, 3.8) is 0 Å². The van der Waals surface area contributed by atoms with Crippen molar-refractivity contribution in [1.82, 2.24) is 0 Å². The molecular weight excluding hydrogens is 409 g/mol. The predicted molar refractivity (Wildman–Crippen MR) is 101 cm³/mol. The Morgan fingerprint density at radius 2 is 1.77 bits per heavy atom. The maximum atomic E-state index is 13.2. The standard InChI is InChI=1S/C18H17F3N4O5/c1-2-24(7-8-26)13-5-3-11(4-6-13)22-23-12-9-14(17(27)28)16(25(29)30)15(10-12)18(19,20)21/h3-6,9-10,26H,2,7-8H2,1H3,(H,27,28). The predicted octanol–water partition coefficient (Wildman–Crippen LogP) is 4.55. The number of aliphatic hydroxyl groups is 1. The summed E-state index contributed by atoms with van der Waals surface area (Å²) in [5, 5.41) is 36.5. The highest BCUT2D eigenvalue weighted by Gasteiger charge is 2.41. The van der Waals surface area contributed by atoms with Crippen LogP contribution in [0.15, 0.2) is 46.6 Å². The Labute approximate surface area is 168 Å². The second kappa shape index (κ2) is 9.31. The highest BCUT2D eigenvalue weighted by atomic mass is 19.4. The van der Waals surface area contributed by atoms with Crippen LogP contribution >= 0.6 is 0 Å². The van der Waals surface area contributed by atoms with Gasteiger partial charge in [-0.3, -0.25) is 10.1 Å². The Kier molecular flexibility index (Phi) is 7.06. The quantitative estimate of drug-likeness (QED) is 0.362. The summed E-state index contributed by atoms with van der Waals surface area (Å²) in [4.78, 5) is 22.7. The van der Waals surface area contributed by atoms with Crippen LogP contribution in [0.1, 0.15) is 22.8 Å². The molecule has 160 valence electrons. The van der Waals surface area contributed by atoms with E-state index in [1.54, 1.807) is 12.1 Å². The SMILES string of the molecule is CCN(CCO)c1ccc(N=Nc2cc(C(=O)O)c([N+](=O)[O-])c(C(F)(F)F)c2)cc1. The number of azo groups is 1. The van der Waals surface area contributed by atoms with Gasteiger partial charge in [0.2, 0.25) is 0 Å². The van der Waals surface area contributed by atoms with Crippen LogP contribution in [0, 0.1) is 10.1 Å². The first-order valence-electron chi connectivity index (χ1n) is 8.59. The van der Waals surface area contributed by atoms with Gasteiger partial charge in [-0.05, 0) is 43.3 Å². The van der Waals surface area contributed by atoms with Crippen LogP contribution in [-0.2, 0) is 6.18 Å². The van der Waals surface area contributed by atoms with Gasteiger partial charge in [0, 0.05) is 18.8 Å². The first-order valence-corrected chi connectivity index (χ1v) is 8.59. The number of likely N-dealkylation sites (N-methyl/N-ethyl adjacent to an activating group) is 1. The summed E-state index contributed by atoms with van der Waals surface area (Å²) >= 11 is 0. The molecule has 0 aromatic heterocycles. The maximum absolute atomic E-state index is 13.2. The monoisotopic (exact) mass is 426 g/mol. The topological polar surface area (TPSA) is 129 Å². The first-order chi connectivity index (χ1) is 14.1. The minimum Gasteiger partial charge on any atom is -0.477 e. The third kappa shape index (κ3) is 5.29. The Balaban J connectivity index is 2.43. The number of alkyl halides is 3. The number of anilines is 1. The number of nitro benzene ring substituents is 1. The van der Waals surface area contributed by atoms with Gasteiger partial charge in [0.25, 0.3) is 5.69 Å². The van der Waals surface area contributed by atoms with Crippen molar-refractivity contribution in [3.05, 3.63) is 57.6 Å². The van der Waals surface area contributed by atoms with Crippen molar-refractivity contribution >= 4 is 28.7 Å². The van der Waals surface area contributed by atoms with Gasteiger partial charge in [-0.25, -0.2) is 4.79 Å². The summed E-state index contributed by atoms with van der Waals surface area (Å²) in [6.07, 6.45) is -5.16. The minimum atomic E-state index is -5.16. The van der Waals surface area contributed by atoms with Gasteiger partial charge >= 0.3 is 12.1 Å². The highest BCUT2D eigenvalue weighted by Crippen LogP contribution is 2.41. The van der Waals surface area contributed by atoms with Crippen LogP contribution in [0.5, 0.6) is 0 Å². The number of nitro groups is 1. The van der Waals surface area contributed by atoms with E-state index in [1.165, 1.54) is 12.1 Å². The summed E-state index contributed by atoms with van der Waals surface area (Å²) in [5.74, 6) is -1.89. The van der Waals surface area contributed by atoms with Gasteiger partial charge in [0.1, 0.15) is 11.1 Å². The summed E-state index contributed by atoms with van der Waals surface area (Å²) in [5.41, 5.74) is -3.86. The van der Waals surface area contributed by atoms with Gasteiger partial charge in [0.05, 0.1) is 22.9 Å². The number of carbonyl (C=O) groups is 1. The summed E-state index contributed by atoms with van der Waals surface area (Å²) < 4.78 is 39.7. The average Bonchev–Trinajstić information content (AvgIpc) is 2.69. The Hall–Kier alpha value is -3.54. The maximum Gasteiger partial charge on any atom is 0.423 e. The zero-order valence-electron chi connectivity index (χ0n) is 15.6. The number of nitrogens with zero attached hydrogens (tertiary/aromatic N) is 4. The molecule has 0 aliphatic rings. The molecular formula is C18H17F3N4O5. The lowest BCUT2D eigenvalue weighted by Crippen LogP contribution is -2.25. The Morgan fingerprint density at radius 3 is 2.23 bits per heavy atom. The zero-order valence-corrected chi connectivity index (χ0v) is 15.6. The van der Waals surface area contributed by atoms with Crippen LogP contribution in [0.3, 0.4) is 0 Å². The molecule has 9 nitrogen and oxygen atoms in total. The summed E-state index contributed by atoms with van der Waals surface area (Å²) in [6.45, 7) is 2.92. The fourth-order valence-corrected chi connectivity index (χ4v) is 2.69. The third-order valence-corrected chi connectivity index (χ3v) is 4.06. The van der Waals surface area contributed by atoms with Crippen LogP contribution < -0.4 is 4.90 Å². The largest absolute Gasteiger partial charge is 0.477 e. The van der Waals surface area contributed by atoms with E-state index in [0.29, 0.717) is 25.2 Å². The normalized spacial score (nSPS) is 11.6. The summed E-state index contributed by atoms with van der Waals surface area (Å²) in [6, 6.07) is 7.45. The van der Waals surface area contributed by atoms with Crippen LogP contribution in [0.25, 0.3) is 0 Å². The van der Waals surface area contributed by atoms with E-state index in [-0.39, 0.29) is 12.3 Å². The van der Waals surface area contributed by atoms with Gasteiger partial charge in [-0.2, -0.15) is 23.4 Å². The molecule has 2 aromatic carbocycles. The van der Waals surface area contributed by atoms with E-state index in [0.717, 1.165) is 5.69 Å². The lowest BCUT2D eigenvalue weighted by Gasteiger charge is -2.21. The van der Waals surface area contributed by atoms with E-state index in [9.17, 15) is 28.1 Å². The molecule has 0 atom stereocenters. The van der Waals surface area contributed by atoms with E-state index in [2.05, 4.69) is 10.2 Å². The van der Waals surface area contributed by atoms with Gasteiger partial charge < -0.3 is 15.1 Å². The second-order valence-corrected chi connectivity index (χ2v) is 5.97. The molecule has 0 saturated carbocycles. The molecule has 0 aliphatic carbocycles. The minimum absolute atomic E-state index is 0.0388. The van der Waals surface area contributed by atoms with Crippen LogP contribution in [-0.4, -0.2) is 40.8 Å². The Bertz CT molecular complexity index is 962. The number of halogens is 3. The lowest BCUT2D eigenvalue weighted by atomic mass is 10.1.